The summed E-state index contributed by atoms with van der Waals surface area (Å²) in [5.74, 6) is -1.75. The lowest BCUT2D eigenvalue weighted by molar-refractivity contribution is -0.132. The number of aromatic nitrogens is 5. The Bertz CT molecular complexity index is 1680. The molecule has 4 N–H and O–H groups in total. The number of benzene rings is 1. The van der Waals surface area contributed by atoms with Gasteiger partial charge in [-0.05, 0) is 52.8 Å². The van der Waals surface area contributed by atoms with Crippen LogP contribution in [0.2, 0.25) is 0 Å². The molecule has 3 aromatic heterocycles. The van der Waals surface area contributed by atoms with Gasteiger partial charge < -0.3 is 20.5 Å². The van der Waals surface area contributed by atoms with Gasteiger partial charge in [0.15, 0.2) is 5.82 Å². The lowest BCUT2D eigenvalue weighted by Crippen LogP contribution is -2.55. The van der Waals surface area contributed by atoms with Gasteiger partial charge in [0.25, 0.3) is 0 Å². The van der Waals surface area contributed by atoms with E-state index in [4.69, 9.17) is 0 Å². The van der Waals surface area contributed by atoms with Crippen LogP contribution in [0.3, 0.4) is 0 Å². The molecule has 0 fully saturated rings. The van der Waals surface area contributed by atoms with Crippen molar-refractivity contribution in [1.29, 1.82) is 0 Å². The fourth-order valence-corrected chi connectivity index (χ4v) is 7.40. The number of hydrogen-bond acceptors (Lipinski definition) is 8. The average Bonchev–Trinajstić information content (AvgIpc) is 3.77. The third-order valence-corrected chi connectivity index (χ3v) is 9.97. The number of rotatable bonds is 10. The zero-order valence-electron chi connectivity index (χ0n) is 24.7. The van der Waals surface area contributed by atoms with Crippen LogP contribution in [0.1, 0.15) is 61.7 Å². The summed E-state index contributed by atoms with van der Waals surface area (Å²) >= 11 is 1.60. The van der Waals surface area contributed by atoms with Gasteiger partial charge in [-0.1, -0.05) is 43.7 Å². The molecule has 230 valence electrons. The number of nitrogens with one attached hydrogen (secondary N) is 4. The summed E-state index contributed by atoms with van der Waals surface area (Å²) in [6.07, 6.45) is 4.15. The predicted octanol–water partition coefficient (Wildman–Crippen LogP) is 2.41. The van der Waals surface area contributed by atoms with E-state index in [9.17, 15) is 19.2 Å². The second-order valence-corrected chi connectivity index (χ2v) is 12.7. The van der Waals surface area contributed by atoms with Crippen molar-refractivity contribution in [3.8, 4) is 0 Å². The van der Waals surface area contributed by atoms with Crippen molar-refractivity contribution in [2.45, 2.75) is 77.0 Å². The molecular formula is C31H36N8O4S. The van der Waals surface area contributed by atoms with Crippen LogP contribution in [0.5, 0.6) is 0 Å². The number of carbonyl (C=O) groups is 4. The molecule has 2 aliphatic rings. The number of Topliss-reactive ketones (excluding diaryl/α,β-unsaturated/α-hetero) is 1. The number of aryl methyl sites for hydroxylation is 1. The number of ketones is 1. The van der Waals surface area contributed by atoms with Crippen LogP contribution in [0.25, 0.3) is 10.1 Å². The molecule has 44 heavy (non-hydrogen) atoms. The highest BCUT2D eigenvalue weighted by molar-refractivity contribution is 7.17. The van der Waals surface area contributed by atoms with E-state index in [1.165, 1.54) is 0 Å². The van der Waals surface area contributed by atoms with E-state index in [0.717, 1.165) is 26.9 Å². The Morgan fingerprint density at radius 2 is 2.05 bits per heavy atom. The number of aromatic amines is 1. The Balaban J connectivity index is 1.16. The Hall–Kier alpha value is -4.39. The summed E-state index contributed by atoms with van der Waals surface area (Å²) in [7, 11) is 0. The van der Waals surface area contributed by atoms with E-state index >= 15 is 0 Å². The van der Waals surface area contributed by atoms with Gasteiger partial charge in [-0.2, -0.15) is 5.21 Å². The molecule has 1 aliphatic heterocycles. The van der Waals surface area contributed by atoms with E-state index < -0.39 is 23.9 Å². The Morgan fingerprint density at radius 3 is 2.84 bits per heavy atom. The van der Waals surface area contributed by atoms with Crippen molar-refractivity contribution in [2.24, 2.45) is 11.8 Å². The predicted molar refractivity (Wildman–Crippen MR) is 163 cm³/mol. The fraction of sp³-hybridized carbons (Fsp3) is 0.452. The standard InChI is InChI=1S/C31H36N8O4S/c1-3-17(2)28(34-26(41)13-20-16-44-24-7-5-4-6-21(20)24)31(43)33-22-9-8-18-10-11-39-15-19(12-23(40)27(22)29(18)39)30(42)32-14-25-35-37-38-36-25/h4-7,10-11,16-17,19,22,27-28H,3,8-9,12-15H2,1-2H3,(H,32,42)(H,33,43)(H,34,41)(H,35,36,37,38)/t17-,19?,22?,27?,28-/m0/s1. The highest BCUT2D eigenvalue weighted by atomic mass is 32.1. The highest BCUT2D eigenvalue weighted by Crippen LogP contribution is 2.38. The summed E-state index contributed by atoms with van der Waals surface area (Å²) in [4.78, 5) is 53.9. The summed E-state index contributed by atoms with van der Waals surface area (Å²) < 4.78 is 3.11. The van der Waals surface area contributed by atoms with E-state index in [2.05, 4.69) is 36.6 Å². The lowest BCUT2D eigenvalue weighted by atomic mass is 9.79. The highest BCUT2D eigenvalue weighted by Gasteiger charge is 2.43. The third-order valence-electron chi connectivity index (χ3n) is 8.96. The van der Waals surface area contributed by atoms with Crippen LogP contribution in [0.15, 0.2) is 41.9 Å². The van der Waals surface area contributed by atoms with Gasteiger partial charge in [0.05, 0.1) is 24.8 Å². The van der Waals surface area contributed by atoms with E-state index in [-0.39, 0.29) is 48.8 Å². The SMILES string of the molecule is CC[C@H](C)[C@H](NC(=O)Cc1csc2ccccc12)C(=O)NC1CCc2ccn3c2C1C(=O)CC(C(=O)NCc1nn[nH]n1)C3. The van der Waals surface area contributed by atoms with Gasteiger partial charge in [-0.3, -0.25) is 19.2 Å². The van der Waals surface area contributed by atoms with E-state index in [0.29, 0.717) is 31.6 Å². The van der Waals surface area contributed by atoms with Gasteiger partial charge in [0.2, 0.25) is 17.7 Å². The molecule has 0 radical (unpaired) electrons. The summed E-state index contributed by atoms with van der Waals surface area (Å²) in [6, 6.07) is 8.79. The molecule has 3 amide bonds. The quantitative estimate of drug-likeness (QED) is 0.213. The molecular weight excluding hydrogens is 580 g/mol. The maximum Gasteiger partial charge on any atom is 0.243 e. The first-order valence-corrected chi connectivity index (χ1v) is 16.0. The largest absolute Gasteiger partial charge is 0.350 e. The lowest BCUT2D eigenvalue weighted by Gasteiger charge is -2.34. The topological polar surface area (TPSA) is 164 Å². The number of hydrogen-bond donors (Lipinski definition) is 4. The number of amides is 3. The van der Waals surface area contributed by atoms with Crippen LogP contribution >= 0.6 is 11.3 Å². The smallest absolute Gasteiger partial charge is 0.243 e. The molecule has 12 nitrogen and oxygen atoms in total. The van der Waals surface area contributed by atoms with Gasteiger partial charge in [-0.25, -0.2) is 0 Å². The first-order chi connectivity index (χ1) is 21.3. The first kappa shape index (κ1) is 29.7. The number of fused-ring (bicyclic) bond motifs is 1. The van der Waals surface area contributed by atoms with Crippen molar-refractivity contribution in [1.82, 2.24) is 41.1 Å². The molecule has 5 atom stereocenters. The zero-order valence-corrected chi connectivity index (χ0v) is 25.5. The molecule has 1 aliphatic carbocycles. The maximum absolute atomic E-state index is 13.8. The maximum atomic E-state index is 13.8. The molecule has 0 spiro atoms. The van der Waals surface area contributed by atoms with E-state index in [1.54, 1.807) is 11.3 Å². The number of tetrazole rings is 1. The number of carbonyl (C=O) groups excluding carboxylic acids is 4. The van der Waals surface area contributed by atoms with Gasteiger partial charge >= 0.3 is 0 Å². The number of H-pyrrole nitrogens is 1. The second-order valence-electron chi connectivity index (χ2n) is 11.8. The van der Waals surface area contributed by atoms with Gasteiger partial charge in [0.1, 0.15) is 11.8 Å². The third kappa shape index (κ3) is 6.01. The fourth-order valence-electron chi connectivity index (χ4n) is 6.44. The van der Waals surface area contributed by atoms with Crippen molar-refractivity contribution in [3.63, 3.8) is 0 Å². The molecule has 4 heterocycles. The molecule has 0 saturated carbocycles. The van der Waals surface area contributed by atoms with Crippen LogP contribution in [0, 0.1) is 11.8 Å². The average molecular weight is 617 g/mol. The van der Waals surface area contributed by atoms with Crippen LogP contribution in [-0.4, -0.2) is 60.8 Å². The molecule has 4 aromatic rings. The van der Waals surface area contributed by atoms with Crippen molar-refractivity contribution >= 4 is 44.9 Å². The molecule has 6 rings (SSSR count). The minimum Gasteiger partial charge on any atom is -0.350 e. The van der Waals surface area contributed by atoms with Gasteiger partial charge in [0, 0.05) is 35.6 Å². The second kappa shape index (κ2) is 12.7. The molecule has 3 unspecified atom stereocenters. The van der Waals surface area contributed by atoms with E-state index in [1.807, 2.05) is 60.3 Å². The normalized spacial score (nSPS) is 20.8. The Labute approximate surface area is 258 Å². The van der Waals surface area contributed by atoms with Crippen molar-refractivity contribution in [3.05, 3.63) is 64.6 Å². The summed E-state index contributed by atoms with van der Waals surface area (Å²) in [6.45, 7) is 4.40. The number of thiophene rings is 1. The minimum absolute atomic E-state index is 0.0519. The zero-order chi connectivity index (χ0) is 30.8. The summed E-state index contributed by atoms with van der Waals surface area (Å²) in [5, 5.41) is 25.6. The first-order valence-electron chi connectivity index (χ1n) is 15.1. The molecule has 13 heteroatoms. The van der Waals surface area contributed by atoms with Crippen molar-refractivity contribution in [2.75, 3.05) is 0 Å². The molecule has 0 saturated heterocycles. The van der Waals surface area contributed by atoms with Crippen molar-refractivity contribution < 1.29 is 19.2 Å². The minimum atomic E-state index is -0.741. The van der Waals surface area contributed by atoms with Gasteiger partial charge in [-0.15, -0.1) is 21.5 Å². The Kier molecular flexibility index (Phi) is 8.56. The van der Waals surface area contributed by atoms with Crippen LogP contribution in [-0.2, 0) is 45.1 Å². The monoisotopic (exact) mass is 616 g/mol. The van der Waals surface area contributed by atoms with Crippen LogP contribution < -0.4 is 16.0 Å². The molecule has 0 bridgehead atoms. The Morgan fingerprint density at radius 1 is 1.20 bits per heavy atom. The number of nitrogens with zero attached hydrogens (tertiary/aromatic N) is 4. The molecule has 1 aromatic carbocycles. The summed E-state index contributed by atoms with van der Waals surface area (Å²) in [5.41, 5.74) is 2.87. The van der Waals surface area contributed by atoms with Crippen LogP contribution in [0.4, 0.5) is 0 Å².